The first-order valence-electron chi connectivity index (χ1n) is 18.3. The molecule has 0 spiro atoms. The van der Waals surface area contributed by atoms with E-state index in [1.807, 2.05) is 13.0 Å². The molecule has 0 radical (unpaired) electrons. The number of benzene rings is 1. The van der Waals surface area contributed by atoms with Crippen LogP contribution in [0.4, 0.5) is 10.1 Å². The van der Waals surface area contributed by atoms with Gasteiger partial charge in [-0.05, 0) is 107 Å². The molecule has 2 unspecified atom stereocenters. The molecule has 5 rings (SSSR count). The monoisotopic (exact) mass is 745 g/mol. The summed E-state index contributed by atoms with van der Waals surface area (Å²) in [7, 11) is -4.87. The van der Waals surface area contributed by atoms with E-state index in [1.165, 1.54) is 36.4 Å². The van der Waals surface area contributed by atoms with Crippen LogP contribution in [0.2, 0.25) is 0 Å². The number of anilines is 1. The van der Waals surface area contributed by atoms with Gasteiger partial charge in [-0.3, -0.25) is 23.8 Å². The molecule has 4 aliphatic rings. The van der Waals surface area contributed by atoms with Crippen molar-refractivity contribution in [3.8, 4) is 5.75 Å². The van der Waals surface area contributed by atoms with E-state index in [2.05, 4.69) is 11.9 Å². The molecule has 0 heterocycles. The number of halogens is 1. The number of phosphoric ester groups is 1. The largest absolute Gasteiger partial charge is 0.527 e. The second-order valence-corrected chi connectivity index (χ2v) is 16.9. The zero-order chi connectivity index (χ0) is 38.1. The number of hydrogen-bond acceptors (Lipinski definition) is 9. The molecule has 1 amide bonds. The lowest BCUT2D eigenvalue weighted by Crippen LogP contribution is -2.69. The first-order chi connectivity index (χ1) is 24.4. The number of Topliss-reactive ketones (excluding diaryl/α,β-unsaturated/α-hetero) is 1. The summed E-state index contributed by atoms with van der Waals surface area (Å²) < 4.78 is 46.2. The molecule has 0 aromatic heterocycles. The van der Waals surface area contributed by atoms with Crippen molar-refractivity contribution in [2.45, 2.75) is 109 Å². The highest BCUT2D eigenvalue weighted by atomic mass is 31.2. The van der Waals surface area contributed by atoms with Crippen molar-refractivity contribution in [3.63, 3.8) is 0 Å². The van der Waals surface area contributed by atoms with E-state index in [0.29, 0.717) is 24.1 Å². The predicted molar refractivity (Wildman–Crippen MR) is 193 cm³/mol. The summed E-state index contributed by atoms with van der Waals surface area (Å²) in [6.07, 6.45) is 10.4. The number of aliphatic hydroxyl groups is 2. The lowest BCUT2D eigenvalue weighted by atomic mass is 9.44. The van der Waals surface area contributed by atoms with E-state index >= 15 is 4.39 Å². The number of carbonyl (C=O) groups excluding carboxylic acids is 3. The van der Waals surface area contributed by atoms with Crippen molar-refractivity contribution in [3.05, 3.63) is 60.7 Å². The molecule has 4 N–H and O–H groups in total. The fourth-order valence-electron chi connectivity index (χ4n) is 9.55. The van der Waals surface area contributed by atoms with Crippen LogP contribution in [0.5, 0.6) is 5.75 Å². The van der Waals surface area contributed by atoms with Crippen molar-refractivity contribution in [2.24, 2.45) is 28.6 Å². The number of phosphoric acid groups is 1. The summed E-state index contributed by atoms with van der Waals surface area (Å²) in [5.41, 5.74) is -5.68. The Morgan fingerprint density at radius 3 is 2.56 bits per heavy atom. The number of rotatable bonds is 16. The average Bonchev–Trinajstić information content (AvgIpc) is 3.29. The van der Waals surface area contributed by atoms with E-state index in [4.69, 9.17) is 13.8 Å². The minimum Gasteiger partial charge on any atom is -0.404 e. The molecule has 0 saturated heterocycles. The molecule has 4 aliphatic carbocycles. The highest BCUT2D eigenvalue weighted by Crippen LogP contribution is 2.70. The molecule has 52 heavy (non-hydrogen) atoms. The quantitative estimate of drug-likeness (QED) is 0.0824. The predicted octanol–water partition coefficient (Wildman–Crippen LogP) is 6.58. The maximum atomic E-state index is 17.4. The highest BCUT2D eigenvalue weighted by Gasteiger charge is 2.75. The van der Waals surface area contributed by atoms with E-state index < -0.39 is 66.2 Å². The van der Waals surface area contributed by atoms with Gasteiger partial charge in [0.25, 0.3) is 0 Å². The first-order valence-corrected chi connectivity index (χ1v) is 19.8. The third kappa shape index (κ3) is 7.39. The number of allylic oxidation sites excluding steroid dienone is 5. The van der Waals surface area contributed by atoms with Gasteiger partial charge in [0.15, 0.2) is 17.2 Å². The highest BCUT2D eigenvalue weighted by molar-refractivity contribution is 7.47. The number of fused-ring (bicyclic) bond motifs is 5. The van der Waals surface area contributed by atoms with Gasteiger partial charge in [-0.1, -0.05) is 44.4 Å². The Labute approximate surface area is 305 Å². The summed E-state index contributed by atoms with van der Waals surface area (Å²) >= 11 is 0. The van der Waals surface area contributed by atoms with Gasteiger partial charge in [0.1, 0.15) is 24.6 Å². The van der Waals surface area contributed by atoms with Crippen LogP contribution in [-0.4, -0.2) is 69.3 Å². The molecule has 11 nitrogen and oxygen atoms in total. The SMILES string of the molecule is C=CCCCCCC(C)OCC(=O)Nc1ccc(OP(=O)(O)OCC(=O)[C@@]2(O)[C@H](C)C[C@H]3[C@@H]4CCC5=CC(=O)C=C[C@]5(C)[C@@]4(F)[C@@H](O)C[C@@]32C)cc1. The van der Waals surface area contributed by atoms with E-state index in [9.17, 15) is 34.1 Å². The van der Waals surface area contributed by atoms with Crippen LogP contribution >= 0.6 is 7.82 Å². The number of alkyl halides is 1. The van der Waals surface area contributed by atoms with Crippen LogP contribution in [0.25, 0.3) is 0 Å². The summed E-state index contributed by atoms with van der Waals surface area (Å²) in [6.45, 7) is 9.58. The van der Waals surface area contributed by atoms with E-state index in [-0.39, 0.29) is 43.0 Å². The molecule has 286 valence electrons. The molecular formula is C39H53FNO10P. The van der Waals surface area contributed by atoms with Crippen molar-refractivity contribution in [1.29, 1.82) is 0 Å². The molecule has 10 atom stereocenters. The second-order valence-electron chi connectivity index (χ2n) is 15.5. The Kier molecular flexibility index (Phi) is 11.9. The Bertz CT molecular complexity index is 1650. The first kappa shape index (κ1) is 40.2. The minimum absolute atomic E-state index is 0.0649. The molecule has 0 bridgehead atoms. The maximum absolute atomic E-state index is 17.4. The molecule has 13 heteroatoms. The van der Waals surface area contributed by atoms with E-state index in [1.54, 1.807) is 26.8 Å². The van der Waals surface area contributed by atoms with Crippen LogP contribution in [0.15, 0.2) is 60.7 Å². The van der Waals surface area contributed by atoms with Gasteiger partial charge in [-0.25, -0.2) is 8.96 Å². The Morgan fingerprint density at radius 2 is 1.87 bits per heavy atom. The maximum Gasteiger partial charge on any atom is 0.527 e. The standard InChI is InChI=1S/C39H53FNO10P/c1-6-7-8-9-10-11-26(3)49-24-35(45)41-28-13-15-30(16-14-28)51-52(47,48)50-23-34(44)39(46)25(2)20-32-31-17-12-27-21-29(42)18-19-36(27,4)38(31,40)33(43)22-37(32,39)5/h6,13-16,18-19,21,25-26,31-33,43,46H,1,7-12,17,20,22-24H2,2-5H3,(H,41,45)(H,47,48)/t25-,26?,31+,32+,33+,36+,37+,38+,39+/m1/s1. The topological polar surface area (TPSA) is 169 Å². The van der Waals surface area contributed by atoms with Gasteiger partial charge in [0.2, 0.25) is 5.91 Å². The third-order valence-corrected chi connectivity index (χ3v) is 13.3. The number of unbranched alkanes of at least 4 members (excludes halogenated alkanes) is 3. The van der Waals surface area contributed by atoms with Gasteiger partial charge in [0.05, 0.1) is 12.2 Å². The number of amides is 1. The van der Waals surface area contributed by atoms with Crippen molar-refractivity contribution < 1.29 is 52.2 Å². The lowest BCUT2D eigenvalue weighted by Gasteiger charge is -2.62. The van der Waals surface area contributed by atoms with Gasteiger partial charge < -0.3 is 24.8 Å². The van der Waals surface area contributed by atoms with Crippen LogP contribution in [0.1, 0.15) is 85.5 Å². The fraction of sp³-hybridized carbons (Fsp3) is 0.615. The summed E-state index contributed by atoms with van der Waals surface area (Å²) in [6, 6.07) is 5.64. The van der Waals surface area contributed by atoms with Crippen LogP contribution in [-0.2, 0) is 28.2 Å². The number of hydrogen-bond donors (Lipinski definition) is 4. The normalized spacial score (nSPS) is 35.3. The molecule has 0 aliphatic heterocycles. The zero-order valence-corrected chi connectivity index (χ0v) is 31.4. The van der Waals surface area contributed by atoms with Crippen LogP contribution in [0.3, 0.4) is 0 Å². The van der Waals surface area contributed by atoms with Gasteiger partial charge in [-0.15, -0.1) is 6.58 Å². The van der Waals surface area contributed by atoms with Gasteiger partial charge in [0, 0.05) is 22.4 Å². The van der Waals surface area contributed by atoms with Crippen LogP contribution < -0.4 is 9.84 Å². The third-order valence-electron chi connectivity index (χ3n) is 12.4. The molecule has 1 aromatic rings. The number of ether oxygens (including phenoxy) is 1. The lowest BCUT2D eigenvalue weighted by molar-refractivity contribution is -0.219. The Morgan fingerprint density at radius 1 is 1.15 bits per heavy atom. The fourth-order valence-corrected chi connectivity index (χ4v) is 10.3. The Hall–Kier alpha value is -2.99. The zero-order valence-electron chi connectivity index (χ0n) is 30.5. The number of ketones is 2. The van der Waals surface area contributed by atoms with E-state index in [0.717, 1.165) is 32.1 Å². The van der Waals surface area contributed by atoms with Crippen molar-refractivity contribution >= 4 is 31.0 Å². The molecule has 3 saturated carbocycles. The summed E-state index contributed by atoms with van der Waals surface area (Å²) in [5, 5.41) is 26.4. The number of nitrogens with one attached hydrogen (secondary N) is 1. The smallest absolute Gasteiger partial charge is 0.404 e. The summed E-state index contributed by atoms with van der Waals surface area (Å²) in [4.78, 5) is 48.8. The Balaban J connectivity index is 1.16. The summed E-state index contributed by atoms with van der Waals surface area (Å²) in [5.74, 6) is -3.41. The van der Waals surface area contributed by atoms with Crippen molar-refractivity contribution in [1.82, 2.24) is 0 Å². The van der Waals surface area contributed by atoms with Gasteiger partial charge in [-0.2, -0.15) is 0 Å². The van der Waals surface area contributed by atoms with Crippen LogP contribution in [0, 0.1) is 28.6 Å². The number of aliphatic hydroxyl groups excluding tert-OH is 1. The molecule has 3 fully saturated rings. The van der Waals surface area contributed by atoms with Crippen molar-refractivity contribution in [2.75, 3.05) is 18.5 Å². The second kappa shape index (κ2) is 15.4. The molecule has 1 aromatic carbocycles. The minimum atomic E-state index is -4.87. The number of carbonyl (C=O) groups is 3. The average molecular weight is 746 g/mol. The van der Waals surface area contributed by atoms with Gasteiger partial charge >= 0.3 is 7.82 Å². The molecular weight excluding hydrogens is 692 g/mol.